The van der Waals surface area contributed by atoms with Crippen LogP contribution in [0, 0.1) is 5.82 Å². The highest BCUT2D eigenvalue weighted by molar-refractivity contribution is 7.99. The smallest absolute Gasteiger partial charge is 0.254 e. The molecule has 1 fully saturated rings. The van der Waals surface area contributed by atoms with Gasteiger partial charge in [-0.1, -0.05) is 31.2 Å². The molecule has 0 radical (unpaired) electrons. The maximum Gasteiger partial charge on any atom is 0.254 e. The zero-order valence-corrected chi connectivity index (χ0v) is 19.0. The second-order valence-electron chi connectivity index (χ2n) is 7.68. The monoisotopic (exact) mass is 462 g/mol. The van der Waals surface area contributed by atoms with Gasteiger partial charge in [-0.2, -0.15) is 0 Å². The second kappa shape index (κ2) is 9.33. The number of rotatable bonds is 5. The average Bonchev–Trinajstić information content (AvgIpc) is 3.22. The number of halogens is 1. The van der Waals surface area contributed by atoms with Gasteiger partial charge in [0, 0.05) is 58.7 Å². The highest BCUT2D eigenvalue weighted by Gasteiger charge is 2.20. The molecule has 2 aromatic carbocycles. The first-order chi connectivity index (χ1) is 16.2. The third-order valence-corrected chi connectivity index (χ3v) is 6.58. The van der Waals surface area contributed by atoms with Crippen molar-refractivity contribution < 1.29 is 13.9 Å². The molecule has 6 nitrogen and oxygen atoms in total. The van der Waals surface area contributed by atoms with E-state index >= 15 is 0 Å². The summed E-state index contributed by atoms with van der Waals surface area (Å²) in [5.41, 5.74) is 2.56. The average molecular weight is 463 g/mol. The van der Waals surface area contributed by atoms with Gasteiger partial charge < -0.3 is 9.64 Å². The molecule has 3 heterocycles. The van der Waals surface area contributed by atoms with Gasteiger partial charge in [0.15, 0.2) is 0 Å². The molecule has 1 amide bonds. The summed E-state index contributed by atoms with van der Waals surface area (Å²) in [4.78, 5) is 25.0. The normalized spacial score (nSPS) is 14.1. The van der Waals surface area contributed by atoms with Crippen molar-refractivity contribution in [1.29, 1.82) is 0 Å². The van der Waals surface area contributed by atoms with Gasteiger partial charge in [-0.25, -0.2) is 14.4 Å². The van der Waals surface area contributed by atoms with Crippen LogP contribution >= 0.6 is 11.8 Å². The number of carbonyl (C=O) groups is 1. The summed E-state index contributed by atoms with van der Waals surface area (Å²) in [6, 6.07) is 12.3. The molecule has 0 bridgehead atoms. The Hall–Kier alpha value is -3.23. The number of carbonyl (C=O) groups excluding carboxylic acids is 1. The van der Waals surface area contributed by atoms with Gasteiger partial charge in [0.25, 0.3) is 5.91 Å². The van der Waals surface area contributed by atoms with Crippen molar-refractivity contribution in [3.05, 3.63) is 72.4 Å². The Morgan fingerprint density at radius 1 is 1.12 bits per heavy atom. The number of morpholine rings is 1. The molecule has 4 aromatic rings. The molecular weight excluding hydrogens is 439 g/mol. The molecule has 0 atom stereocenters. The Balaban J connectivity index is 1.55. The summed E-state index contributed by atoms with van der Waals surface area (Å²) in [6.45, 7) is 4.41. The molecule has 0 N–H and O–H groups in total. The number of benzene rings is 2. The summed E-state index contributed by atoms with van der Waals surface area (Å²) < 4.78 is 21.4. The summed E-state index contributed by atoms with van der Waals surface area (Å²) >= 11 is 1.73. The van der Waals surface area contributed by atoms with Gasteiger partial charge >= 0.3 is 0 Å². The van der Waals surface area contributed by atoms with Gasteiger partial charge in [0.05, 0.1) is 18.7 Å². The largest absolute Gasteiger partial charge is 0.378 e. The lowest BCUT2D eigenvalue weighted by atomic mass is 10.1. The van der Waals surface area contributed by atoms with E-state index in [1.807, 2.05) is 33.9 Å². The molecule has 0 saturated carbocycles. The van der Waals surface area contributed by atoms with Crippen LogP contribution < -0.4 is 0 Å². The second-order valence-corrected chi connectivity index (χ2v) is 8.99. The fourth-order valence-electron chi connectivity index (χ4n) is 3.99. The lowest BCUT2D eigenvalue weighted by Crippen LogP contribution is -2.40. The van der Waals surface area contributed by atoms with E-state index in [1.54, 1.807) is 42.4 Å². The van der Waals surface area contributed by atoms with Crippen LogP contribution in [0.2, 0.25) is 0 Å². The van der Waals surface area contributed by atoms with Gasteiger partial charge in [-0.3, -0.25) is 9.36 Å². The van der Waals surface area contributed by atoms with E-state index in [2.05, 4.69) is 16.9 Å². The Morgan fingerprint density at radius 3 is 2.61 bits per heavy atom. The van der Waals surface area contributed by atoms with Crippen LogP contribution in [0.15, 0.2) is 66.0 Å². The van der Waals surface area contributed by atoms with Crippen LogP contribution in [0.25, 0.3) is 28.0 Å². The molecule has 0 aliphatic carbocycles. The third kappa shape index (κ3) is 4.24. The van der Waals surface area contributed by atoms with E-state index in [9.17, 15) is 9.18 Å². The zero-order chi connectivity index (χ0) is 22.8. The van der Waals surface area contributed by atoms with Gasteiger partial charge in [0.1, 0.15) is 5.82 Å². The Bertz CT molecular complexity index is 1300. The zero-order valence-electron chi connectivity index (χ0n) is 18.2. The van der Waals surface area contributed by atoms with Crippen molar-refractivity contribution in [2.24, 2.45) is 0 Å². The molecule has 0 spiro atoms. The van der Waals surface area contributed by atoms with Gasteiger partial charge in [-0.15, -0.1) is 11.8 Å². The summed E-state index contributed by atoms with van der Waals surface area (Å²) in [5, 5.41) is 1.04. The third-order valence-electron chi connectivity index (χ3n) is 5.65. The van der Waals surface area contributed by atoms with Crippen LogP contribution in [0.5, 0.6) is 0 Å². The first-order valence-corrected chi connectivity index (χ1v) is 11.9. The van der Waals surface area contributed by atoms with E-state index in [0.717, 1.165) is 21.6 Å². The Kier molecular flexibility index (Phi) is 6.11. The van der Waals surface area contributed by atoms with E-state index in [1.165, 1.54) is 6.07 Å². The lowest BCUT2D eigenvalue weighted by Gasteiger charge is -2.26. The minimum Gasteiger partial charge on any atom is -0.378 e. The molecule has 1 aliphatic rings. The van der Waals surface area contributed by atoms with E-state index in [-0.39, 0.29) is 11.7 Å². The number of hydrogen-bond donors (Lipinski definition) is 0. The predicted octanol–water partition coefficient (Wildman–Crippen LogP) is 4.81. The maximum absolute atomic E-state index is 14.2. The molecular formula is C25H23FN4O2S. The lowest BCUT2D eigenvalue weighted by molar-refractivity contribution is 0.0303. The van der Waals surface area contributed by atoms with Crippen molar-refractivity contribution >= 4 is 28.6 Å². The van der Waals surface area contributed by atoms with Crippen molar-refractivity contribution in [3.8, 4) is 17.1 Å². The van der Waals surface area contributed by atoms with Crippen molar-refractivity contribution in [2.75, 3.05) is 32.1 Å². The number of fused-ring (bicyclic) bond motifs is 1. The quantitative estimate of drug-likeness (QED) is 0.399. The molecule has 33 heavy (non-hydrogen) atoms. The SMILES string of the molecule is CCSc1cn(-c2ncc(-c3ccccc3F)cn2)c2cc(C(=O)N3CCOCC3)ccc12. The molecule has 0 unspecified atom stereocenters. The number of aromatic nitrogens is 3. The van der Waals surface area contributed by atoms with Crippen LogP contribution in [0.4, 0.5) is 4.39 Å². The minimum absolute atomic E-state index is 0.00605. The standard InChI is InChI=1S/C25H23FN4O2S/c1-2-33-23-16-30(25-27-14-18(15-28-25)19-5-3-4-6-21(19)26)22-13-17(7-8-20(22)23)24(31)29-9-11-32-12-10-29/h3-8,13-16H,2,9-12H2,1H3. The molecule has 1 aliphatic heterocycles. The molecule has 168 valence electrons. The molecule has 8 heteroatoms. The van der Waals surface area contributed by atoms with Crippen LogP contribution in [-0.4, -0.2) is 57.4 Å². The van der Waals surface area contributed by atoms with Gasteiger partial charge in [0.2, 0.25) is 5.95 Å². The van der Waals surface area contributed by atoms with Crippen molar-refractivity contribution in [3.63, 3.8) is 0 Å². The van der Waals surface area contributed by atoms with Gasteiger partial charge in [-0.05, 0) is 24.0 Å². The van der Waals surface area contributed by atoms with Crippen molar-refractivity contribution in [1.82, 2.24) is 19.4 Å². The summed E-state index contributed by atoms with van der Waals surface area (Å²) in [7, 11) is 0. The maximum atomic E-state index is 14.2. The Morgan fingerprint density at radius 2 is 1.88 bits per heavy atom. The first kappa shape index (κ1) is 21.6. The van der Waals surface area contributed by atoms with Crippen LogP contribution in [-0.2, 0) is 4.74 Å². The number of nitrogens with zero attached hydrogens (tertiary/aromatic N) is 4. The number of amides is 1. The van der Waals surface area contributed by atoms with E-state index in [4.69, 9.17) is 4.74 Å². The summed E-state index contributed by atoms with van der Waals surface area (Å²) in [5.74, 6) is 1.07. The van der Waals surface area contributed by atoms with E-state index < -0.39 is 0 Å². The highest BCUT2D eigenvalue weighted by atomic mass is 32.2. The van der Waals surface area contributed by atoms with Crippen LogP contribution in [0.1, 0.15) is 17.3 Å². The fourth-order valence-corrected chi connectivity index (χ4v) is 4.81. The first-order valence-electron chi connectivity index (χ1n) is 10.9. The predicted molar refractivity (Wildman–Crippen MR) is 127 cm³/mol. The fraction of sp³-hybridized carbons (Fsp3) is 0.240. The molecule has 5 rings (SSSR count). The topological polar surface area (TPSA) is 60.2 Å². The Labute approximate surface area is 195 Å². The highest BCUT2D eigenvalue weighted by Crippen LogP contribution is 2.32. The number of ether oxygens (including phenoxy) is 1. The van der Waals surface area contributed by atoms with Crippen molar-refractivity contribution in [2.45, 2.75) is 11.8 Å². The number of thioether (sulfide) groups is 1. The molecule has 2 aromatic heterocycles. The van der Waals surface area contributed by atoms with Crippen LogP contribution in [0.3, 0.4) is 0 Å². The van der Waals surface area contributed by atoms with E-state index in [0.29, 0.717) is 48.9 Å². The molecule has 1 saturated heterocycles. The minimum atomic E-state index is -0.312. The number of hydrogen-bond acceptors (Lipinski definition) is 5. The summed E-state index contributed by atoms with van der Waals surface area (Å²) in [6.07, 6.45) is 5.25.